The molecule has 1 aliphatic carbocycles. The molecule has 19 heavy (non-hydrogen) atoms. The zero-order valence-electron chi connectivity index (χ0n) is 10.5. The van der Waals surface area contributed by atoms with Crippen molar-refractivity contribution in [1.82, 2.24) is 4.98 Å². The lowest BCUT2D eigenvalue weighted by Crippen LogP contribution is -1.97. The lowest BCUT2D eigenvalue weighted by molar-refractivity contribution is 0.582. The molecule has 1 heterocycles. The van der Waals surface area contributed by atoms with Crippen molar-refractivity contribution < 1.29 is 8.78 Å². The number of benzene rings is 1. The molecule has 1 fully saturated rings. The third-order valence-corrected chi connectivity index (χ3v) is 4.29. The molecule has 0 atom stereocenters. The van der Waals surface area contributed by atoms with Gasteiger partial charge < -0.3 is 5.73 Å². The summed E-state index contributed by atoms with van der Waals surface area (Å²) in [6.07, 6.45) is 2.59. The second kappa shape index (κ2) is 4.56. The Morgan fingerprint density at radius 3 is 2.74 bits per heavy atom. The standard InChI is InChI=1S/C14H14F2N2S/c1-7-4-11(16)9(5-10(7)15)6-12-13(8-2-3-8)18-14(17)19-12/h4-5,8H,2-3,6H2,1H3,(H2,17,18). The first-order valence-electron chi connectivity index (χ1n) is 6.24. The number of nitrogens with zero attached hydrogens (tertiary/aromatic N) is 1. The fourth-order valence-electron chi connectivity index (χ4n) is 2.18. The number of hydrogen-bond acceptors (Lipinski definition) is 3. The van der Waals surface area contributed by atoms with Crippen molar-refractivity contribution in [2.75, 3.05) is 5.73 Å². The highest BCUT2D eigenvalue weighted by Gasteiger charge is 2.29. The molecule has 3 rings (SSSR count). The summed E-state index contributed by atoms with van der Waals surface area (Å²) in [6, 6.07) is 2.52. The first-order valence-corrected chi connectivity index (χ1v) is 7.06. The van der Waals surface area contributed by atoms with Gasteiger partial charge in [-0.25, -0.2) is 13.8 Å². The zero-order chi connectivity index (χ0) is 13.6. The van der Waals surface area contributed by atoms with E-state index in [1.807, 2.05) is 0 Å². The van der Waals surface area contributed by atoms with Gasteiger partial charge in [-0.05, 0) is 43.0 Å². The first kappa shape index (κ1) is 12.5. The summed E-state index contributed by atoms with van der Waals surface area (Å²) in [5, 5.41) is 0.505. The van der Waals surface area contributed by atoms with Gasteiger partial charge in [0.2, 0.25) is 0 Å². The molecule has 1 aromatic carbocycles. The number of aromatic nitrogens is 1. The molecule has 0 unspecified atom stereocenters. The van der Waals surface area contributed by atoms with Crippen LogP contribution >= 0.6 is 11.3 Å². The molecular formula is C14H14F2N2S. The second-order valence-corrected chi connectivity index (χ2v) is 6.12. The van der Waals surface area contributed by atoms with E-state index in [1.54, 1.807) is 6.92 Å². The summed E-state index contributed by atoms with van der Waals surface area (Å²) in [5.74, 6) is -0.281. The number of halogens is 2. The van der Waals surface area contributed by atoms with Crippen LogP contribution in [0, 0.1) is 18.6 Å². The number of thiazole rings is 1. The van der Waals surface area contributed by atoms with Crippen LogP contribution < -0.4 is 5.73 Å². The minimum absolute atomic E-state index is 0.326. The molecule has 0 spiro atoms. The maximum absolute atomic E-state index is 13.9. The monoisotopic (exact) mass is 280 g/mol. The largest absolute Gasteiger partial charge is 0.375 e. The van der Waals surface area contributed by atoms with Gasteiger partial charge in [-0.1, -0.05) is 0 Å². The zero-order valence-corrected chi connectivity index (χ0v) is 11.4. The Kier molecular flexibility index (Phi) is 3.01. The van der Waals surface area contributed by atoms with Gasteiger partial charge in [0.1, 0.15) is 11.6 Å². The molecule has 0 saturated heterocycles. The van der Waals surface area contributed by atoms with Crippen LogP contribution in [0.15, 0.2) is 12.1 Å². The quantitative estimate of drug-likeness (QED) is 0.929. The summed E-state index contributed by atoms with van der Waals surface area (Å²) >= 11 is 1.37. The van der Waals surface area contributed by atoms with E-state index in [0.29, 0.717) is 28.6 Å². The number of nitrogen functional groups attached to an aromatic ring is 1. The Hall–Kier alpha value is -1.49. The van der Waals surface area contributed by atoms with Gasteiger partial charge in [0.05, 0.1) is 5.69 Å². The van der Waals surface area contributed by atoms with Crippen LogP contribution in [-0.4, -0.2) is 4.98 Å². The molecule has 1 aromatic heterocycles. The number of hydrogen-bond donors (Lipinski definition) is 1. The van der Waals surface area contributed by atoms with Crippen molar-refractivity contribution in [3.63, 3.8) is 0 Å². The van der Waals surface area contributed by atoms with Crippen molar-refractivity contribution in [2.45, 2.75) is 32.1 Å². The maximum Gasteiger partial charge on any atom is 0.180 e. The molecule has 2 nitrogen and oxygen atoms in total. The molecule has 0 radical (unpaired) electrons. The molecule has 0 aliphatic heterocycles. The van der Waals surface area contributed by atoms with E-state index in [9.17, 15) is 8.78 Å². The average molecular weight is 280 g/mol. The van der Waals surface area contributed by atoms with Gasteiger partial charge in [0.15, 0.2) is 5.13 Å². The van der Waals surface area contributed by atoms with Crippen molar-refractivity contribution >= 4 is 16.5 Å². The fourth-order valence-corrected chi connectivity index (χ4v) is 3.12. The van der Waals surface area contributed by atoms with Crippen molar-refractivity contribution in [3.05, 3.63) is 45.5 Å². The van der Waals surface area contributed by atoms with Gasteiger partial charge in [0.25, 0.3) is 0 Å². The van der Waals surface area contributed by atoms with E-state index < -0.39 is 0 Å². The minimum atomic E-state index is -0.373. The van der Waals surface area contributed by atoms with E-state index in [-0.39, 0.29) is 11.6 Å². The smallest absolute Gasteiger partial charge is 0.180 e. The Morgan fingerprint density at radius 1 is 1.32 bits per heavy atom. The third kappa shape index (κ3) is 2.47. The number of rotatable bonds is 3. The normalized spacial score (nSPS) is 14.9. The lowest BCUT2D eigenvalue weighted by Gasteiger charge is -2.05. The highest BCUT2D eigenvalue weighted by Crippen LogP contribution is 2.43. The Labute approximate surface area is 114 Å². The topological polar surface area (TPSA) is 38.9 Å². The SMILES string of the molecule is Cc1cc(F)c(Cc2sc(N)nc2C2CC2)cc1F. The van der Waals surface area contributed by atoms with Gasteiger partial charge in [0, 0.05) is 17.2 Å². The summed E-state index contributed by atoms with van der Waals surface area (Å²) in [7, 11) is 0. The molecule has 5 heteroatoms. The van der Waals surface area contributed by atoms with Crippen LogP contribution in [0.25, 0.3) is 0 Å². The van der Waals surface area contributed by atoms with Gasteiger partial charge in [-0.2, -0.15) is 0 Å². The van der Waals surface area contributed by atoms with E-state index in [1.165, 1.54) is 23.5 Å². The number of nitrogens with two attached hydrogens (primary N) is 1. The van der Waals surface area contributed by atoms with Crippen LogP contribution in [0.2, 0.25) is 0 Å². The molecular weight excluding hydrogens is 266 g/mol. The van der Waals surface area contributed by atoms with Crippen LogP contribution in [-0.2, 0) is 6.42 Å². The van der Waals surface area contributed by atoms with E-state index in [4.69, 9.17) is 5.73 Å². The van der Waals surface area contributed by atoms with Crippen LogP contribution in [0.1, 0.15) is 40.5 Å². The molecule has 1 aliphatic rings. The Balaban J connectivity index is 1.95. The summed E-state index contributed by atoms with van der Waals surface area (Å²) in [6.45, 7) is 1.56. The van der Waals surface area contributed by atoms with Crippen molar-refractivity contribution in [1.29, 1.82) is 0 Å². The van der Waals surface area contributed by atoms with Crippen molar-refractivity contribution in [2.24, 2.45) is 0 Å². The van der Waals surface area contributed by atoms with E-state index in [0.717, 1.165) is 23.4 Å². The maximum atomic E-state index is 13.9. The van der Waals surface area contributed by atoms with Crippen LogP contribution in [0.4, 0.5) is 13.9 Å². The van der Waals surface area contributed by atoms with Gasteiger partial charge >= 0.3 is 0 Å². The Morgan fingerprint density at radius 2 is 2.05 bits per heavy atom. The van der Waals surface area contributed by atoms with Gasteiger partial charge in [-0.15, -0.1) is 11.3 Å². The minimum Gasteiger partial charge on any atom is -0.375 e. The van der Waals surface area contributed by atoms with E-state index in [2.05, 4.69) is 4.98 Å². The average Bonchev–Trinajstić information content (AvgIpc) is 3.11. The molecule has 2 N–H and O–H groups in total. The highest BCUT2D eigenvalue weighted by molar-refractivity contribution is 7.15. The predicted octanol–water partition coefficient (Wildman–Crippen LogP) is 3.78. The van der Waals surface area contributed by atoms with E-state index >= 15 is 0 Å². The highest BCUT2D eigenvalue weighted by atomic mass is 32.1. The Bertz CT molecular complexity index is 633. The second-order valence-electron chi connectivity index (χ2n) is 5.00. The molecule has 2 aromatic rings. The summed E-state index contributed by atoms with van der Waals surface area (Å²) in [5.41, 5.74) is 7.40. The fraction of sp³-hybridized carbons (Fsp3) is 0.357. The molecule has 0 bridgehead atoms. The van der Waals surface area contributed by atoms with Crippen molar-refractivity contribution in [3.8, 4) is 0 Å². The number of aryl methyl sites for hydroxylation is 1. The first-order chi connectivity index (χ1) is 9.04. The third-order valence-electron chi connectivity index (χ3n) is 3.39. The lowest BCUT2D eigenvalue weighted by atomic mass is 10.1. The summed E-state index contributed by atoms with van der Waals surface area (Å²) < 4.78 is 27.4. The molecule has 100 valence electrons. The number of anilines is 1. The van der Waals surface area contributed by atoms with Crippen LogP contribution in [0.5, 0.6) is 0 Å². The van der Waals surface area contributed by atoms with Crippen LogP contribution in [0.3, 0.4) is 0 Å². The van der Waals surface area contributed by atoms with Gasteiger partial charge in [-0.3, -0.25) is 0 Å². The summed E-state index contributed by atoms with van der Waals surface area (Å²) in [4.78, 5) is 5.28. The predicted molar refractivity (Wildman–Crippen MR) is 72.4 cm³/mol. The molecule has 0 amide bonds. The molecule has 1 saturated carbocycles.